The molecule has 0 bridgehead atoms. The summed E-state index contributed by atoms with van der Waals surface area (Å²) < 4.78 is 4.98. The van der Waals surface area contributed by atoms with Crippen LogP contribution in [-0.4, -0.2) is 24.4 Å². The number of rotatable bonds is 5. The van der Waals surface area contributed by atoms with E-state index in [0.29, 0.717) is 17.8 Å². The zero-order chi connectivity index (χ0) is 14.4. The summed E-state index contributed by atoms with van der Waals surface area (Å²) in [5, 5.41) is 11.6. The molecule has 0 saturated heterocycles. The van der Waals surface area contributed by atoms with Crippen molar-refractivity contribution in [3.8, 4) is 6.07 Å². The van der Waals surface area contributed by atoms with Gasteiger partial charge in [0.15, 0.2) is 0 Å². The quantitative estimate of drug-likeness (QED) is 0.903. The Hall–Kier alpha value is -2.58. The van der Waals surface area contributed by atoms with E-state index in [9.17, 15) is 4.79 Å². The number of hydrogen-bond acceptors (Lipinski definition) is 4. The Morgan fingerprint density at radius 1 is 1.45 bits per heavy atom. The van der Waals surface area contributed by atoms with Crippen molar-refractivity contribution in [1.82, 2.24) is 4.90 Å². The van der Waals surface area contributed by atoms with E-state index in [-0.39, 0.29) is 12.5 Å². The van der Waals surface area contributed by atoms with Crippen LogP contribution in [-0.2, 0) is 11.3 Å². The third-order valence-electron chi connectivity index (χ3n) is 2.72. The first kappa shape index (κ1) is 13.8. The number of carbonyl (C=O) groups is 1. The van der Waals surface area contributed by atoms with E-state index in [4.69, 9.17) is 9.68 Å². The summed E-state index contributed by atoms with van der Waals surface area (Å²) >= 11 is 0. The van der Waals surface area contributed by atoms with E-state index < -0.39 is 0 Å². The number of likely N-dealkylation sites (N-methyl/N-ethyl adjacent to an activating group) is 1. The number of nitriles is 1. The lowest BCUT2D eigenvalue weighted by Gasteiger charge is -2.15. The Balaban J connectivity index is 1.87. The molecule has 1 heterocycles. The van der Waals surface area contributed by atoms with Crippen molar-refractivity contribution < 1.29 is 9.21 Å². The fourth-order valence-corrected chi connectivity index (χ4v) is 1.86. The molecule has 2 rings (SSSR count). The van der Waals surface area contributed by atoms with Gasteiger partial charge in [0.1, 0.15) is 0 Å². The van der Waals surface area contributed by atoms with Crippen molar-refractivity contribution in [2.75, 3.05) is 18.9 Å². The van der Waals surface area contributed by atoms with E-state index in [2.05, 4.69) is 5.32 Å². The van der Waals surface area contributed by atoms with Crippen LogP contribution in [0.3, 0.4) is 0 Å². The maximum absolute atomic E-state index is 11.9. The van der Waals surface area contributed by atoms with Crippen LogP contribution in [0.2, 0.25) is 0 Å². The lowest BCUT2D eigenvalue weighted by Crippen LogP contribution is -2.29. The van der Waals surface area contributed by atoms with Crippen LogP contribution in [0.4, 0.5) is 5.69 Å². The number of carbonyl (C=O) groups excluding carboxylic acids is 1. The Kier molecular flexibility index (Phi) is 4.53. The molecular weight excluding hydrogens is 254 g/mol. The number of anilines is 1. The molecule has 5 nitrogen and oxygen atoms in total. The molecule has 0 fully saturated rings. The van der Waals surface area contributed by atoms with Gasteiger partial charge in [0.2, 0.25) is 5.91 Å². The summed E-state index contributed by atoms with van der Waals surface area (Å²) in [6, 6.07) is 10.7. The van der Waals surface area contributed by atoms with Crippen LogP contribution in [0.1, 0.15) is 11.1 Å². The second-order valence-corrected chi connectivity index (χ2v) is 4.54. The van der Waals surface area contributed by atoms with Crippen molar-refractivity contribution in [2.45, 2.75) is 6.54 Å². The summed E-state index contributed by atoms with van der Waals surface area (Å²) in [5.74, 6) is -0.119. The topological polar surface area (TPSA) is 69.3 Å². The second-order valence-electron chi connectivity index (χ2n) is 4.54. The molecular formula is C15H15N3O2. The molecule has 5 heteroatoms. The smallest absolute Gasteiger partial charge is 0.238 e. The molecule has 0 aliphatic rings. The maximum atomic E-state index is 11.9. The predicted octanol–water partition coefficient (Wildman–Crippen LogP) is 2.22. The first-order valence-corrected chi connectivity index (χ1v) is 6.17. The zero-order valence-corrected chi connectivity index (χ0v) is 11.2. The van der Waals surface area contributed by atoms with E-state index in [1.165, 1.54) is 0 Å². The number of benzene rings is 1. The van der Waals surface area contributed by atoms with Crippen LogP contribution in [0.15, 0.2) is 47.3 Å². The van der Waals surface area contributed by atoms with Crippen molar-refractivity contribution >= 4 is 11.6 Å². The van der Waals surface area contributed by atoms with Gasteiger partial charge in [0.05, 0.1) is 30.7 Å². The number of amides is 1. The second kappa shape index (κ2) is 6.55. The summed E-state index contributed by atoms with van der Waals surface area (Å²) in [6.07, 6.45) is 3.27. The molecule has 0 aliphatic heterocycles. The van der Waals surface area contributed by atoms with Gasteiger partial charge < -0.3 is 9.73 Å². The van der Waals surface area contributed by atoms with E-state index in [0.717, 1.165) is 5.56 Å². The summed E-state index contributed by atoms with van der Waals surface area (Å²) in [4.78, 5) is 13.8. The Morgan fingerprint density at radius 3 is 3.00 bits per heavy atom. The predicted molar refractivity (Wildman–Crippen MR) is 74.8 cm³/mol. The van der Waals surface area contributed by atoms with E-state index in [1.807, 2.05) is 24.1 Å². The third kappa shape index (κ3) is 3.97. The molecule has 0 aliphatic carbocycles. The Bertz CT molecular complexity index is 614. The number of furan rings is 1. The molecule has 1 aromatic carbocycles. The third-order valence-corrected chi connectivity index (χ3v) is 2.72. The number of hydrogen-bond donors (Lipinski definition) is 1. The average Bonchev–Trinajstić information content (AvgIpc) is 2.91. The molecule has 102 valence electrons. The molecule has 20 heavy (non-hydrogen) atoms. The first-order chi connectivity index (χ1) is 9.67. The summed E-state index contributed by atoms with van der Waals surface area (Å²) in [7, 11) is 1.86. The van der Waals surface area contributed by atoms with Crippen LogP contribution in [0, 0.1) is 11.3 Å². The number of nitrogens with zero attached hydrogens (tertiary/aromatic N) is 2. The molecule has 0 saturated carbocycles. The molecule has 0 spiro atoms. The Labute approximate surface area is 117 Å². The minimum Gasteiger partial charge on any atom is -0.472 e. The van der Waals surface area contributed by atoms with Crippen molar-refractivity contribution in [3.05, 3.63) is 54.0 Å². The minimum absolute atomic E-state index is 0.119. The highest BCUT2D eigenvalue weighted by Crippen LogP contribution is 2.10. The fraction of sp³-hybridized carbons (Fsp3) is 0.200. The van der Waals surface area contributed by atoms with E-state index >= 15 is 0 Å². The van der Waals surface area contributed by atoms with Gasteiger partial charge >= 0.3 is 0 Å². The summed E-state index contributed by atoms with van der Waals surface area (Å²) in [5.41, 5.74) is 2.17. The highest BCUT2D eigenvalue weighted by atomic mass is 16.3. The lowest BCUT2D eigenvalue weighted by molar-refractivity contribution is -0.117. The van der Waals surface area contributed by atoms with Gasteiger partial charge in [0.25, 0.3) is 0 Å². The Morgan fingerprint density at radius 2 is 2.30 bits per heavy atom. The van der Waals surface area contributed by atoms with Crippen LogP contribution in [0.5, 0.6) is 0 Å². The maximum Gasteiger partial charge on any atom is 0.238 e. The molecule has 2 aromatic rings. The van der Waals surface area contributed by atoms with E-state index in [1.54, 1.807) is 36.8 Å². The van der Waals surface area contributed by atoms with Gasteiger partial charge in [-0.15, -0.1) is 0 Å². The van der Waals surface area contributed by atoms with Gasteiger partial charge in [0, 0.05) is 17.8 Å². The molecule has 1 N–H and O–H groups in total. The SMILES string of the molecule is CN(CC(=O)Nc1cccc(C#N)c1)Cc1ccoc1. The highest BCUT2D eigenvalue weighted by Gasteiger charge is 2.08. The summed E-state index contributed by atoms with van der Waals surface area (Å²) in [6.45, 7) is 0.907. The zero-order valence-electron chi connectivity index (χ0n) is 11.2. The normalized spacial score (nSPS) is 10.2. The van der Waals surface area contributed by atoms with Crippen molar-refractivity contribution in [2.24, 2.45) is 0 Å². The van der Waals surface area contributed by atoms with Crippen molar-refractivity contribution in [3.63, 3.8) is 0 Å². The van der Waals surface area contributed by atoms with Gasteiger partial charge in [-0.05, 0) is 31.3 Å². The lowest BCUT2D eigenvalue weighted by atomic mass is 10.2. The standard InChI is InChI=1S/C15H15N3O2/c1-18(9-13-5-6-20-11-13)10-15(19)17-14-4-2-3-12(7-14)8-16/h2-7,11H,9-10H2,1H3,(H,17,19). The average molecular weight is 269 g/mol. The van der Waals surface area contributed by atoms with Crippen LogP contribution >= 0.6 is 0 Å². The van der Waals surface area contributed by atoms with Gasteiger partial charge in [-0.2, -0.15) is 5.26 Å². The molecule has 0 radical (unpaired) electrons. The fourth-order valence-electron chi connectivity index (χ4n) is 1.86. The van der Waals surface area contributed by atoms with Crippen LogP contribution < -0.4 is 5.32 Å². The number of nitrogens with one attached hydrogen (secondary N) is 1. The van der Waals surface area contributed by atoms with Gasteiger partial charge in [-0.1, -0.05) is 6.07 Å². The molecule has 0 atom stereocenters. The van der Waals surface area contributed by atoms with Crippen LogP contribution in [0.25, 0.3) is 0 Å². The van der Waals surface area contributed by atoms with Crippen molar-refractivity contribution in [1.29, 1.82) is 5.26 Å². The van der Waals surface area contributed by atoms with Gasteiger partial charge in [-0.3, -0.25) is 9.69 Å². The minimum atomic E-state index is -0.119. The first-order valence-electron chi connectivity index (χ1n) is 6.17. The molecule has 0 unspecified atom stereocenters. The largest absolute Gasteiger partial charge is 0.472 e. The molecule has 1 aromatic heterocycles. The van der Waals surface area contributed by atoms with Gasteiger partial charge in [-0.25, -0.2) is 0 Å². The molecule has 1 amide bonds. The monoisotopic (exact) mass is 269 g/mol. The highest BCUT2D eigenvalue weighted by molar-refractivity contribution is 5.92.